The van der Waals surface area contributed by atoms with Gasteiger partial charge in [0.2, 0.25) is 0 Å². The maximum atomic E-state index is 5.36. The average molecular weight is 330 g/mol. The van der Waals surface area contributed by atoms with Crippen molar-refractivity contribution in [2.75, 3.05) is 20.7 Å². The zero-order valence-corrected chi connectivity index (χ0v) is 15.1. The zero-order chi connectivity index (χ0) is 17.5. The first-order chi connectivity index (χ1) is 11.5. The minimum atomic E-state index is 0.579. The Labute approximate surface area is 143 Å². The van der Waals surface area contributed by atoms with Crippen LogP contribution in [0.15, 0.2) is 23.2 Å². The molecular formula is C17H26N6O. The molecule has 0 atom stereocenters. The van der Waals surface area contributed by atoms with Crippen molar-refractivity contribution >= 4 is 5.96 Å². The number of hydrogen-bond acceptors (Lipinski definition) is 4. The van der Waals surface area contributed by atoms with Crippen LogP contribution in [0.5, 0.6) is 5.75 Å². The van der Waals surface area contributed by atoms with Gasteiger partial charge in [0.15, 0.2) is 11.8 Å². The molecule has 0 saturated heterocycles. The van der Waals surface area contributed by atoms with Crippen molar-refractivity contribution in [3.8, 4) is 5.75 Å². The van der Waals surface area contributed by atoms with E-state index in [1.807, 2.05) is 25.5 Å². The van der Waals surface area contributed by atoms with E-state index in [2.05, 4.69) is 44.0 Å². The maximum Gasteiger partial charge on any atom is 0.191 e. The predicted molar refractivity (Wildman–Crippen MR) is 95.4 cm³/mol. The first kappa shape index (κ1) is 17.8. The number of methoxy groups -OCH3 is 1. The fraction of sp³-hybridized carbons (Fsp3) is 0.471. The molecule has 0 aliphatic heterocycles. The molecule has 2 aromatic rings. The van der Waals surface area contributed by atoms with E-state index in [-0.39, 0.29) is 0 Å². The number of guanidine groups is 1. The van der Waals surface area contributed by atoms with E-state index in [4.69, 9.17) is 4.74 Å². The van der Waals surface area contributed by atoms with Crippen molar-refractivity contribution in [1.29, 1.82) is 0 Å². The molecule has 0 bridgehead atoms. The summed E-state index contributed by atoms with van der Waals surface area (Å²) in [5.74, 6) is 3.43. The van der Waals surface area contributed by atoms with Gasteiger partial charge in [-0.05, 0) is 37.5 Å². The van der Waals surface area contributed by atoms with Gasteiger partial charge in [-0.1, -0.05) is 12.1 Å². The second-order valence-corrected chi connectivity index (χ2v) is 5.63. The highest BCUT2D eigenvalue weighted by molar-refractivity contribution is 5.79. The molecule has 2 rings (SSSR count). The third-order valence-electron chi connectivity index (χ3n) is 4.00. The third-order valence-corrected chi connectivity index (χ3v) is 4.00. The lowest BCUT2D eigenvalue weighted by molar-refractivity contribution is 0.411. The average Bonchev–Trinajstić information content (AvgIpc) is 2.91. The molecule has 0 amide bonds. The maximum absolute atomic E-state index is 5.36. The standard InChI is InChI=1S/C17H26N6O/c1-12-6-7-14(10-15(12)24-5)8-9-19-17(18-3)20-11-16-22-21-13(2)23(16)4/h6-7,10H,8-9,11H2,1-5H3,(H2,18,19,20). The van der Waals surface area contributed by atoms with Crippen molar-refractivity contribution in [3.05, 3.63) is 41.0 Å². The third kappa shape index (κ3) is 4.47. The van der Waals surface area contributed by atoms with Crippen LogP contribution in [-0.2, 0) is 20.0 Å². The Morgan fingerprint density at radius 1 is 1.25 bits per heavy atom. The molecule has 7 nitrogen and oxygen atoms in total. The van der Waals surface area contributed by atoms with Crippen LogP contribution in [0.25, 0.3) is 0 Å². The Morgan fingerprint density at radius 3 is 2.67 bits per heavy atom. The molecule has 0 aliphatic carbocycles. The molecule has 1 heterocycles. The van der Waals surface area contributed by atoms with Crippen LogP contribution < -0.4 is 15.4 Å². The summed E-state index contributed by atoms with van der Waals surface area (Å²) < 4.78 is 7.32. The first-order valence-corrected chi connectivity index (χ1v) is 7.98. The number of ether oxygens (including phenoxy) is 1. The Bertz CT molecular complexity index is 707. The number of rotatable bonds is 6. The number of aromatic nitrogens is 3. The highest BCUT2D eigenvalue weighted by Gasteiger charge is 2.06. The Hall–Kier alpha value is -2.57. The van der Waals surface area contributed by atoms with Crippen LogP contribution in [0.4, 0.5) is 0 Å². The van der Waals surface area contributed by atoms with E-state index in [0.717, 1.165) is 41.9 Å². The van der Waals surface area contributed by atoms with E-state index in [1.54, 1.807) is 14.2 Å². The van der Waals surface area contributed by atoms with Crippen molar-refractivity contribution in [1.82, 2.24) is 25.4 Å². The second kappa shape index (κ2) is 8.33. The van der Waals surface area contributed by atoms with E-state index in [1.165, 1.54) is 5.56 Å². The molecule has 0 aliphatic rings. The molecule has 0 fully saturated rings. The highest BCUT2D eigenvalue weighted by Crippen LogP contribution is 2.18. The van der Waals surface area contributed by atoms with Gasteiger partial charge in [-0.15, -0.1) is 10.2 Å². The van der Waals surface area contributed by atoms with Gasteiger partial charge in [0, 0.05) is 20.6 Å². The molecule has 2 N–H and O–H groups in total. The van der Waals surface area contributed by atoms with Gasteiger partial charge in [-0.2, -0.15) is 0 Å². The molecule has 1 aromatic heterocycles. The molecular weight excluding hydrogens is 304 g/mol. The minimum Gasteiger partial charge on any atom is -0.496 e. The highest BCUT2D eigenvalue weighted by atomic mass is 16.5. The van der Waals surface area contributed by atoms with Crippen LogP contribution in [0.1, 0.15) is 22.8 Å². The van der Waals surface area contributed by atoms with Crippen LogP contribution in [0.3, 0.4) is 0 Å². The zero-order valence-electron chi connectivity index (χ0n) is 15.1. The van der Waals surface area contributed by atoms with Crippen LogP contribution in [0.2, 0.25) is 0 Å². The summed E-state index contributed by atoms with van der Waals surface area (Å²) in [6, 6.07) is 6.28. The topological polar surface area (TPSA) is 76.4 Å². The van der Waals surface area contributed by atoms with Crippen molar-refractivity contribution in [3.63, 3.8) is 0 Å². The van der Waals surface area contributed by atoms with E-state index >= 15 is 0 Å². The van der Waals surface area contributed by atoms with Gasteiger partial charge < -0.3 is 19.9 Å². The number of benzene rings is 1. The summed E-state index contributed by atoms with van der Waals surface area (Å²) in [5.41, 5.74) is 2.37. The van der Waals surface area contributed by atoms with Gasteiger partial charge in [-0.25, -0.2) is 0 Å². The molecule has 24 heavy (non-hydrogen) atoms. The van der Waals surface area contributed by atoms with Crippen LogP contribution >= 0.6 is 0 Å². The Morgan fingerprint density at radius 2 is 2.04 bits per heavy atom. The quantitative estimate of drug-likeness (QED) is 0.618. The number of aliphatic imine (C=N–C) groups is 1. The normalized spacial score (nSPS) is 11.5. The van der Waals surface area contributed by atoms with Gasteiger partial charge in [-0.3, -0.25) is 4.99 Å². The van der Waals surface area contributed by atoms with Gasteiger partial charge in [0.05, 0.1) is 13.7 Å². The molecule has 7 heteroatoms. The van der Waals surface area contributed by atoms with Gasteiger partial charge in [0.25, 0.3) is 0 Å². The van der Waals surface area contributed by atoms with Crippen molar-refractivity contribution in [2.24, 2.45) is 12.0 Å². The molecule has 0 radical (unpaired) electrons. The summed E-state index contributed by atoms with van der Waals surface area (Å²) >= 11 is 0. The van der Waals surface area contributed by atoms with Crippen LogP contribution in [0, 0.1) is 13.8 Å². The lowest BCUT2D eigenvalue weighted by Crippen LogP contribution is -2.38. The van der Waals surface area contributed by atoms with E-state index < -0.39 is 0 Å². The summed E-state index contributed by atoms with van der Waals surface area (Å²) in [5, 5.41) is 14.7. The smallest absolute Gasteiger partial charge is 0.191 e. The molecule has 0 unspecified atom stereocenters. The molecule has 130 valence electrons. The number of nitrogens with zero attached hydrogens (tertiary/aromatic N) is 4. The van der Waals surface area contributed by atoms with Crippen molar-refractivity contribution < 1.29 is 4.74 Å². The van der Waals surface area contributed by atoms with Crippen molar-refractivity contribution in [2.45, 2.75) is 26.8 Å². The first-order valence-electron chi connectivity index (χ1n) is 7.98. The molecule has 0 saturated carbocycles. The predicted octanol–water partition coefficient (Wildman–Crippen LogP) is 1.35. The number of nitrogens with one attached hydrogen (secondary N) is 2. The lowest BCUT2D eigenvalue weighted by Gasteiger charge is -2.12. The summed E-state index contributed by atoms with van der Waals surface area (Å²) in [6.07, 6.45) is 0.889. The Balaban J connectivity index is 1.82. The molecule has 1 aromatic carbocycles. The summed E-state index contributed by atoms with van der Waals surface area (Å²) in [4.78, 5) is 4.23. The monoisotopic (exact) mass is 330 g/mol. The summed E-state index contributed by atoms with van der Waals surface area (Å²) in [6.45, 7) is 5.33. The van der Waals surface area contributed by atoms with Crippen LogP contribution in [-0.4, -0.2) is 41.4 Å². The van der Waals surface area contributed by atoms with E-state index in [9.17, 15) is 0 Å². The molecule has 0 spiro atoms. The summed E-state index contributed by atoms with van der Waals surface area (Å²) in [7, 11) is 5.41. The minimum absolute atomic E-state index is 0.579. The Kier molecular flexibility index (Phi) is 6.17. The number of hydrogen-bond donors (Lipinski definition) is 2. The number of aryl methyl sites for hydroxylation is 2. The fourth-order valence-electron chi connectivity index (χ4n) is 2.33. The fourth-order valence-corrected chi connectivity index (χ4v) is 2.33. The van der Waals surface area contributed by atoms with E-state index in [0.29, 0.717) is 6.54 Å². The second-order valence-electron chi connectivity index (χ2n) is 5.63. The van der Waals surface area contributed by atoms with Gasteiger partial charge in [0.1, 0.15) is 11.6 Å². The largest absolute Gasteiger partial charge is 0.496 e. The van der Waals surface area contributed by atoms with Gasteiger partial charge >= 0.3 is 0 Å². The lowest BCUT2D eigenvalue weighted by atomic mass is 10.1. The SMILES string of the molecule is CN=C(NCCc1ccc(C)c(OC)c1)NCc1nnc(C)n1C.